The lowest BCUT2D eigenvalue weighted by Gasteiger charge is -2.36. The fourth-order valence-corrected chi connectivity index (χ4v) is 3.93. The third kappa shape index (κ3) is 6.55. The van der Waals surface area contributed by atoms with Crippen molar-refractivity contribution in [1.29, 1.82) is 0 Å². The first kappa shape index (κ1) is 24.2. The minimum Gasteiger partial charge on any atom is -0.369 e. The minimum atomic E-state index is 0. The third-order valence-electron chi connectivity index (χ3n) is 5.71. The maximum atomic E-state index is 4.31. The van der Waals surface area contributed by atoms with Crippen molar-refractivity contribution in [3.63, 3.8) is 0 Å². The predicted molar refractivity (Wildman–Crippen MR) is 141 cm³/mol. The zero-order chi connectivity index (χ0) is 21.3. The van der Waals surface area contributed by atoms with E-state index < -0.39 is 0 Å². The van der Waals surface area contributed by atoms with Gasteiger partial charge >= 0.3 is 0 Å². The topological polar surface area (TPSA) is 73.1 Å². The van der Waals surface area contributed by atoms with Crippen LogP contribution in [0.5, 0.6) is 0 Å². The number of aromatic nitrogens is 3. The molecular formula is C23H33IN8. The first-order valence-electron chi connectivity index (χ1n) is 11.1. The Kier molecular flexibility index (Phi) is 9.54. The molecule has 9 heteroatoms. The van der Waals surface area contributed by atoms with Crippen molar-refractivity contribution < 1.29 is 0 Å². The van der Waals surface area contributed by atoms with E-state index in [1.54, 1.807) is 7.05 Å². The molecule has 1 fully saturated rings. The molecule has 0 unspecified atom stereocenters. The second-order valence-corrected chi connectivity index (χ2v) is 7.77. The van der Waals surface area contributed by atoms with Gasteiger partial charge in [0.1, 0.15) is 0 Å². The molecule has 0 aliphatic carbocycles. The summed E-state index contributed by atoms with van der Waals surface area (Å²) >= 11 is 0. The van der Waals surface area contributed by atoms with Gasteiger partial charge < -0.3 is 15.5 Å². The van der Waals surface area contributed by atoms with Gasteiger partial charge in [-0.15, -0.1) is 34.2 Å². The maximum Gasteiger partial charge on any atom is 0.191 e. The Balaban J connectivity index is 0.00000289. The molecule has 0 saturated carbocycles. The summed E-state index contributed by atoms with van der Waals surface area (Å²) in [6, 6.07) is 16.6. The number of pyridine rings is 1. The molecule has 8 nitrogen and oxygen atoms in total. The lowest BCUT2D eigenvalue weighted by Crippen LogP contribution is -2.46. The average Bonchev–Trinajstić information content (AvgIpc) is 3.25. The van der Waals surface area contributed by atoms with Crippen LogP contribution in [0.25, 0.3) is 5.65 Å². The van der Waals surface area contributed by atoms with Gasteiger partial charge in [0, 0.05) is 51.7 Å². The highest BCUT2D eigenvalue weighted by Crippen LogP contribution is 2.15. The van der Waals surface area contributed by atoms with Gasteiger partial charge in [-0.05, 0) is 43.7 Å². The van der Waals surface area contributed by atoms with Crippen molar-refractivity contribution in [2.24, 2.45) is 4.99 Å². The fraction of sp³-hybridized carbons (Fsp3) is 0.435. The Morgan fingerprint density at radius 1 is 0.938 bits per heavy atom. The van der Waals surface area contributed by atoms with Crippen LogP contribution in [0.2, 0.25) is 0 Å². The quantitative estimate of drug-likeness (QED) is 0.195. The van der Waals surface area contributed by atoms with Crippen molar-refractivity contribution in [2.75, 3.05) is 51.2 Å². The summed E-state index contributed by atoms with van der Waals surface area (Å²) in [7, 11) is 1.80. The van der Waals surface area contributed by atoms with Crippen LogP contribution in [0.1, 0.15) is 18.7 Å². The van der Waals surface area contributed by atoms with Gasteiger partial charge in [-0.2, -0.15) is 0 Å². The summed E-state index contributed by atoms with van der Waals surface area (Å²) in [6.45, 7) is 7.13. The highest BCUT2D eigenvalue weighted by molar-refractivity contribution is 14.0. The van der Waals surface area contributed by atoms with Crippen molar-refractivity contribution >= 4 is 41.3 Å². The molecule has 2 N–H and O–H groups in total. The van der Waals surface area contributed by atoms with E-state index in [1.807, 2.05) is 28.8 Å². The zero-order valence-corrected chi connectivity index (χ0v) is 21.0. The van der Waals surface area contributed by atoms with Gasteiger partial charge in [0.15, 0.2) is 17.4 Å². The molecule has 4 rings (SSSR count). The number of para-hydroxylation sites is 1. The van der Waals surface area contributed by atoms with Crippen LogP contribution < -0.4 is 15.5 Å². The Labute approximate surface area is 207 Å². The number of benzene rings is 1. The summed E-state index contributed by atoms with van der Waals surface area (Å²) < 4.78 is 1.98. The van der Waals surface area contributed by atoms with E-state index in [-0.39, 0.29) is 24.0 Å². The molecule has 0 atom stereocenters. The summed E-state index contributed by atoms with van der Waals surface area (Å²) in [4.78, 5) is 9.36. The Morgan fingerprint density at radius 3 is 2.50 bits per heavy atom. The molecule has 2 aromatic heterocycles. The van der Waals surface area contributed by atoms with E-state index in [1.165, 1.54) is 12.1 Å². The molecule has 0 bridgehead atoms. The standard InChI is InChI=1S/C23H32N8.HI/c1-24-23(26-19-22-28-27-21-11-5-7-14-31(21)22)25-12-6-8-13-29-15-17-30(18-16-29)20-9-3-2-4-10-20;/h2-5,7,9-11,14H,6,8,12-13,15-19H2,1H3,(H2,24,25,26);1H. The number of unbranched alkanes of at least 4 members (excludes halogenated alkanes) is 1. The van der Waals surface area contributed by atoms with Crippen LogP contribution in [0.15, 0.2) is 59.7 Å². The number of guanidine groups is 1. The van der Waals surface area contributed by atoms with E-state index in [9.17, 15) is 0 Å². The molecule has 3 aromatic rings. The van der Waals surface area contributed by atoms with Gasteiger partial charge in [-0.25, -0.2) is 0 Å². The van der Waals surface area contributed by atoms with Gasteiger partial charge in [-0.1, -0.05) is 24.3 Å². The largest absolute Gasteiger partial charge is 0.369 e. The number of rotatable bonds is 8. The normalized spacial score (nSPS) is 14.9. The van der Waals surface area contributed by atoms with Gasteiger partial charge in [0.25, 0.3) is 0 Å². The summed E-state index contributed by atoms with van der Waals surface area (Å²) in [5.41, 5.74) is 2.19. The number of nitrogens with zero attached hydrogens (tertiary/aromatic N) is 6. The number of fused-ring (bicyclic) bond motifs is 1. The number of hydrogen-bond donors (Lipinski definition) is 2. The highest BCUT2D eigenvalue weighted by atomic mass is 127. The molecule has 172 valence electrons. The number of piperazine rings is 1. The minimum absolute atomic E-state index is 0. The Hall–Kier alpha value is -2.40. The second-order valence-electron chi connectivity index (χ2n) is 7.77. The zero-order valence-electron chi connectivity index (χ0n) is 18.7. The smallest absolute Gasteiger partial charge is 0.191 e. The molecule has 0 radical (unpaired) electrons. The number of hydrogen-bond acceptors (Lipinski definition) is 5. The van der Waals surface area contributed by atoms with E-state index in [4.69, 9.17) is 0 Å². The van der Waals surface area contributed by atoms with Crippen molar-refractivity contribution in [2.45, 2.75) is 19.4 Å². The molecule has 1 aromatic carbocycles. The van der Waals surface area contributed by atoms with Gasteiger partial charge in [-0.3, -0.25) is 14.3 Å². The van der Waals surface area contributed by atoms with Gasteiger partial charge in [0.2, 0.25) is 0 Å². The van der Waals surface area contributed by atoms with E-state index in [0.717, 1.165) is 63.1 Å². The van der Waals surface area contributed by atoms with Crippen LogP contribution in [0.3, 0.4) is 0 Å². The summed E-state index contributed by atoms with van der Waals surface area (Å²) in [5.74, 6) is 1.66. The predicted octanol–water partition coefficient (Wildman–Crippen LogP) is 2.61. The molecule has 1 aliphatic rings. The Morgan fingerprint density at radius 2 is 1.72 bits per heavy atom. The summed E-state index contributed by atoms with van der Waals surface area (Å²) in [5, 5.41) is 15.2. The molecule has 0 amide bonds. The second kappa shape index (κ2) is 12.6. The maximum absolute atomic E-state index is 4.31. The first-order chi connectivity index (χ1) is 15.3. The monoisotopic (exact) mass is 548 g/mol. The lowest BCUT2D eigenvalue weighted by atomic mass is 10.2. The van der Waals surface area contributed by atoms with Crippen LogP contribution >= 0.6 is 24.0 Å². The molecule has 1 saturated heterocycles. The number of anilines is 1. The van der Waals surface area contributed by atoms with Gasteiger partial charge in [0.05, 0.1) is 6.54 Å². The highest BCUT2D eigenvalue weighted by Gasteiger charge is 2.16. The van der Waals surface area contributed by atoms with Crippen molar-refractivity contribution in [3.8, 4) is 0 Å². The average molecular weight is 548 g/mol. The molecular weight excluding hydrogens is 515 g/mol. The SMILES string of the molecule is CN=C(NCCCCN1CCN(c2ccccc2)CC1)NCc1nnc2ccccn12.I. The van der Waals surface area contributed by atoms with E-state index in [2.05, 4.69) is 66.0 Å². The fourth-order valence-electron chi connectivity index (χ4n) is 3.93. The van der Waals surface area contributed by atoms with Crippen LogP contribution in [0.4, 0.5) is 5.69 Å². The first-order valence-corrected chi connectivity index (χ1v) is 11.1. The number of aliphatic imine (C=N–C) groups is 1. The number of nitrogens with one attached hydrogen (secondary N) is 2. The Bertz CT molecular complexity index is 966. The van der Waals surface area contributed by atoms with E-state index >= 15 is 0 Å². The van der Waals surface area contributed by atoms with Crippen LogP contribution in [-0.2, 0) is 6.54 Å². The van der Waals surface area contributed by atoms with E-state index in [0.29, 0.717) is 6.54 Å². The summed E-state index contributed by atoms with van der Waals surface area (Å²) in [6.07, 6.45) is 4.28. The third-order valence-corrected chi connectivity index (χ3v) is 5.71. The molecule has 32 heavy (non-hydrogen) atoms. The van der Waals surface area contributed by atoms with Crippen LogP contribution in [-0.4, -0.2) is 71.8 Å². The number of halogens is 1. The van der Waals surface area contributed by atoms with Crippen molar-refractivity contribution in [1.82, 2.24) is 30.1 Å². The van der Waals surface area contributed by atoms with Crippen molar-refractivity contribution in [3.05, 3.63) is 60.6 Å². The molecule has 0 spiro atoms. The lowest BCUT2D eigenvalue weighted by molar-refractivity contribution is 0.253. The molecule has 3 heterocycles. The molecule has 1 aliphatic heterocycles. The van der Waals surface area contributed by atoms with Crippen LogP contribution in [0, 0.1) is 0 Å².